The van der Waals surface area contributed by atoms with Crippen LogP contribution in [0.4, 0.5) is 0 Å². The third-order valence-electron chi connectivity index (χ3n) is 7.01. The van der Waals surface area contributed by atoms with Crippen molar-refractivity contribution in [1.29, 1.82) is 0 Å². The van der Waals surface area contributed by atoms with Crippen LogP contribution in [0.15, 0.2) is 107 Å². The molecule has 0 bridgehead atoms. The normalized spacial score (nSPS) is 21.6. The summed E-state index contributed by atoms with van der Waals surface area (Å²) in [4.78, 5) is 14.7. The molecule has 4 aromatic rings. The van der Waals surface area contributed by atoms with Gasteiger partial charge in [0.15, 0.2) is 0 Å². The summed E-state index contributed by atoms with van der Waals surface area (Å²) < 4.78 is 6.10. The number of para-hydroxylation sites is 1. The molecular weight excluding hydrogens is 418 g/mol. The monoisotopic (exact) mass is 443 g/mol. The van der Waals surface area contributed by atoms with E-state index in [1.807, 2.05) is 30.5 Å². The minimum atomic E-state index is 0.0604. The quantitative estimate of drug-likeness (QED) is 0.337. The summed E-state index contributed by atoms with van der Waals surface area (Å²) in [6, 6.07) is 16.7. The van der Waals surface area contributed by atoms with E-state index in [1.165, 1.54) is 16.7 Å². The maximum atomic E-state index is 6.10. The molecule has 0 radical (unpaired) electrons. The van der Waals surface area contributed by atoms with Gasteiger partial charge in [-0.1, -0.05) is 62.2 Å². The highest BCUT2D eigenvalue weighted by Gasteiger charge is 2.32. The number of nitrogens with zero attached hydrogens (tertiary/aromatic N) is 3. The molecule has 2 aromatic carbocycles. The Balaban J connectivity index is 1.58. The van der Waals surface area contributed by atoms with Crippen molar-refractivity contribution in [2.75, 3.05) is 0 Å². The van der Waals surface area contributed by atoms with Crippen LogP contribution in [-0.4, -0.2) is 22.4 Å². The summed E-state index contributed by atoms with van der Waals surface area (Å²) in [5, 5.41) is 2.14. The van der Waals surface area contributed by atoms with Crippen LogP contribution in [0.25, 0.3) is 22.1 Å². The van der Waals surface area contributed by atoms with Gasteiger partial charge in [0.2, 0.25) is 5.71 Å². The third kappa shape index (κ3) is 3.18. The first-order valence-corrected chi connectivity index (χ1v) is 11.7. The Labute approximate surface area is 198 Å². The van der Waals surface area contributed by atoms with Gasteiger partial charge in [-0.2, -0.15) is 0 Å². The summed E-state index contributed by atoms with van der Waals surface area (Å²) in [6.07, 6.45) is 8.01. The van der Waals surface area contributed by atoms with Crippen LogP contribution in [0.3, 0.4) is 0 Å². The molecule has 2 unspecified atom stereocenters. The number of aliphatic imine (C=N–C) groups is 2. The first-order chi connectivity index (χ1) is 16.7. The Morgan fingerprint density at radius 1 is 0.941 bits per heavy atom. The summed E-state index contributed by atoms with van der Waals surface area (Å²) in [5.74, 6) is 0.256. The van der Waals surface area contributed by atoms with Crippen LogP contribution in [0.5, 0.6) is 0 Å². The summed E-state index contributed by atoms with van der Waals surface area (Å²) in [6.45, 7) is 12.4. The van der Waals surface area contributed by atoms with Gasteiger partial charge in [-0.3, -0.25) is 9.98 Å². The second-order valence-electron chi connectivity index (χ2n) is 8.92. The van der Waals surface area contributed by atoms with Crippen LogP contribution in [0.2, 0.25) is 0 Å². The van der Waals surface area contributed by atoms with E-state index in [9.17, 15) is 0 Å². The number of hydrogen-bond donors (Lipinski definition) is 0. The molecule has 4 heteroatoms. The fourth-order valence-corrected chi connectivity index (χ4v) is 5.50. The maximum Gasteiger partial charge on any atom is 0.227 e. The van der Waals surface area contributed by atoms with E-state index < -0.39 is 0 Å². The van der Waals surface area contributed by atoms with Gasteiger partial charge in [0, 0.05) is 40.7 Å². The van der Waals surface area contributed by atoms with Crippen molar-refractivity contribution < 1.29 is 4.42 Å². The van der Waals surface area contributed by atoms with Crippen molar-refractivity contribution in [1.82, 2.24) is 4.98 Å². The van der Waals surface area contributed by atoms with Crippen LogP contribution in [0, 0.1) is 0 Å². The summed E-state index contributed by atoms with van der Waals surface area (Å²) in [7, 11) is 0. The first kappa shape index (κ1) is 20.5. The van der Waals surface area contributed by atoms with Crippen molar-refractivity contribution in [3.63, 3.8) is 0 Å². The average Bonchev–Trinajstić information content (AvgIpc) is 3.25. The summed E-state index contributed by atoms with van der Waals surface area (Å²) >= 11 is 0. The summed E-state index contributed by atoms with van der Waals surface area (Å²) in [5.41, 5.74) is 8.72. The lowest BCUT2D eigenvalue weighted by molar-refractivity contribution is 0.490. The molecule has 0 saturated heterocycles. The van der Waals surface area contributed by atoms with E-state index in [0.717, 1.165) is 51.9 Å². The number of furan rings is 1. The smallest absolute Gasteiger partial charge is 0.227 e. The molecule has 0 fully saturated rings. The van der Waals surface area contributed by atoms with E-state index in [0.29, 0.717) is 12.1 Å². The number of benzene rings is 2. The predicted octanol–water partition coefficient (Wildman–Crippen LogP) is 6.95. The fraction of sp³-hybridized carbons (Fsp3) is 0.167. The van der Waals surface area contributed by atoms with Crippen LogP contribution in [-0.2, 0) is 6.42 Å². The fourth-order valence-electron chi connectivity index (χ4n) is 5.50. The Kier molecular flexibility index (Phi) is 4.88. The lowest BCUT2D eigenvalue weighted by Crippen LogP contribution is -2.27. The van der Waals surface area contributed by atoms with Crippen molar-refractivity contribution in [2.45, 2.75) is 31.2 Å². The Hall–Kier alpha value is -4.05. The Morgan fingerprint density at radius 2 is 1.74 bits per heavy atom. The number of pyridine rings is 1. The number of rotatable bonds is 2. The third-order valence-corrected chi connectivity index (χ3v) is 7.01. The zero-order valence-corrected chi connectivity index (χ0v) is 19.0. The zero-order chi connectivity index (χ0) is 23.2. The molecule has 4 nitrogen and oxygen atoms in total. The van der Waals surface area contributed by atoms with E-state index in [4.69, 9.17) is 14.4 Å². The minimum Gasteiger partial charge on any atom is -0.438 e. The molecule has 0 amide bonds. The molecule has 166 valence electrons. The number of fused-ring (bicyclic) bond motifs is 8. The Morgan fingerprint density at radius 3 is 2.59 bits per heavy atom. The van der Waals surface area contributed by atoms with Gasteiger partial charge in [0.1, 0.15) is 5.58 Å². The second kappa shape index (κ2) is 8.07. The SMILES string of the molecule is C=CC1=NC2CC(=C)/N=C(/C=C)c3cnc4oc5ccccc5c4c3CCC2c2ccccc21. The highest BCUT2D eigenvalue weighted by atomic mass is 16.3. The van der Waals surface area contributed by atoms with Gasteiger partial charge >= 0.3 is 0 Å². The van der Waals surface area contributed by atoms with Crippen LogP contribution >= 0.6 is 0 Å². The van der Waals surface area contributed by atoms with E-state index in [1.54, 1.807) is 6.08 Å². The highest BCUT2D eigenvalue weighted by molar-refractivity contribution is 6.15. The molecule has 6 rings (SSSR count). The number of aromatic nitrogens is 1. The van der Waals surface area contributed by atoms with Crippen molar-refractivity contribution in [3.05, 3.63) is 115 Å². The molecule has 0 N–H and O–H groups in total. The highest BCUT2D eigenvalue weighted by Crippen LogP contribution is 2.40. The maximum absolute atomic E-state index is 6.10. The second-order valence-corrected chi connectivity index (χ2v) is 8.92. The molecule has 2 aliphatic rings. The lowest BCUT2D eigenvalue weighted by Gasteiger charge is -2.32. The zero-order valence-electron chi connectivity index (χ0n) is 19.0. The molecule has 2 atom stereocenters. The lowest BCUT2D eigenvalue weighted by atomic mass is 9.78. The van der Waals surface area contributed by atoms with Gasteiger partial charge in [0.25, 0.3) is 0 Å². The topological polar surface area (TPSA) is 50.8 Å². The van der Waals surface area contributed by atoms with E-state index in [2.05, 4.69) is 55.1 Å². The first-order valence-electron chi connectivity index (χ1n) is 11.7. The molecule has 34 heavy (non-hydrogen) atoms. The van der Waals surface area contributed by atoms with Crippen molar-refractivity contribution >= 4 is 33.5 Å². The largest absolute Gasteiger partial charge is 0.438 e. The molecule has 4 heterocycles. The molecule has 0 aliphatic carbocycles. The van der Waals surface area contributed by atoms with Crippen LogP contribution < -0.4 is 0 Å². The molecular formula is C30H25N3O. The van der Waals surface area contributed by atoms with Gasteiger partial charge in [0.05, 0.1) is 22.9 Å². The average molecular weight is 444 g/mol. The number of hydrogen-bond acceptors (Lipinski definition) is 4. The minimum absolute atomic E-state index is 0.0604. The van der Waals surface area contributed by atoms with Gasteiger partial charge < -0.3 is 4.42 Å². The van der Waals surface area contributed by atoms with Crippen LogP contribution in [0.1, 0.15) is 41.0 Å². The molecule has 2 aromatic heterocycles. The molecule has 0 spiro atoms. The predicted molar refractivity (Wildman–Crippen MR) is 140 cm³/mol. The molecule has 2 aliphatic heterocycles. The van der Waals surface area contributed by atoms with E-state index in [-0.39, 0.29) is 12.0 Å². The van der Waals surface area contributed by atoms with E-state index >= 15 is 0 Å². The van der Waals surface area contributed by atoms with Gasteiger partial charge in [-0.05, 0) is 42.2 Å². The number of aryl methyl sites for hydroxylation is 1. The van der Waals surface area contributed by atoms with Gasteiger partial charge in [-0.15, -0.1) is 0 Å². The number of allylic oxidation sites excluding steroid dienone is 2. The van der Waals surface area contributed by atoms with Crippen molar-refractivity contribution in [2.24, 2.45) is 9.98 Å². The van der Waals surface area contributed by atoms with Gasteiger partial charge in [-0.25, -0.2) is 4.98 Å². The Bertz CT molecular complexity index is 1550. The standard InChI is InChI=1S/C30H25N3O/c1-4-25-20-11-7-6-10-19(20)21-14-15-22-24(26(5-2)32-18(3)16-27(21)33-25)17-31-30-29(22)23-12-8-9-13-28(23)34-30/h4-13,17,21,27H,1-3,14-16H2/b32-26-. The molecule has 0 saturated carbocycles. The van der Waals surface area contributed by atoms with Crippen molar-refractivity contribution in [3.8, 4) is 0 Å².